The Bertz CT molecular complexity index is 584. The SMILES string of the molecule is C/C(=C\C(=O)O)c1c[nH]c2cc(Br)ccc12. The van der Waals surface area contributed by atoms with Gasteiger partial charge in [-0.15, -0.1) is 0 Å². The van der Waals surface area contributed by atoms with Crippen LogP contribution >= 0.6 is 15.9 Å². The maximum atomic E-state index is 10.6. The number of aromatic nitrogens is 1. The summed E-state index contributed by atoms with van der Waals surface area (Å²) in [5, 5.41) is 9.73. The molecule has 0 fully saturated rings. The minimum absolute atomic E-state index is 0.737. The van der Waals surface area contributed by atoms with E-state index in [1.165, 1.54) is 6.08 Å². The fourth-order valence-electron chi connectivity index (χ4n) is 1.69. The number of allylic oxidation sites excluding steroid dienone is 1. The van der Waals surface area contributed by atoms with E-state index in [9.17, 15) is 4.79 Å². The largest absolute Gasteiger partial charge is 0.478 e. The molecule has 2 rings (SSSR count). The summed E-state index contributed by atoms with van der Waals surface area (Å²) in [5.41, 5.74) is 2.65. The molecule has 16 heavy (non-hydrogen) atoms. The Kier molecular flexibility index (Phi) is 2.83. The van der Waals surface area contributed by atoms with Crippen LogP contribution < -0.4 is 0 Å². The van der Waals surface area contributed by atoms with Gasteiger partial charge in [-0.1, -0.05) is 22.0 Å². The highest BCUT2D eigenvalue weighted by molar-refractivity contribution is 9.10. The van der Waals surface area contributed by atoms with Crippen LogP contribution in [0.15, 0.2) is 34.9 Å². The van der Waals surface area contributed by atoms with Crippen molar-refractivity contribution in [2.24, 2.45) is 0 Å². The molecule has 0 aliphatic heterocycles. The highest BCUT2D eigenvalue weighted by Crippen LogP contribution is 2.26. The van der Waals surface area contributed by atoms with Gasteiger partial charge in [-0.3, -0.25) is 0 Å². The highest BCUT2D eigenvalue weighted by atomic mass is 79.9. The summed E-state index contributed by atoms with van der Waals surface area (Å²) in [7, 11) is 0. The zero-order chi connectivity index (χ0) is 11.7. The number of aliphatic carboxylic acids is 1. The molecule has 0 spiro atoms. The van der Waals surface area contributed by atoms with E-state index in [1.807, 2.05) is 24.4 Å². The Labute approximate surface area is 101 Å². The van der Waals surface area contributed by atoms with Crippen LogP contribution in [0.2, 0.25) is 0 Å². The summed E-state index contributed by atoms with van der Waals surface area (Å²) in [4.78, 5) is 13.7. The molecular weight excluding hydrogens is 270 g/mol. The molecule has 1 aromatic carbocycles. The topological polar surface area (TPSA) is 53.1 Å². The molecule has 82 valence electrons. The fraction of sp³-hybridized carbons (Fsp3) is 0.0833. The lowest BCUT2D eigenvalue weighted by atomic mass is 10.1. The molecule has 0 aliphatic carbocycles. The predicted molar refractivity (Wildman–Crippen MR) is 67.3 cm³/mol. The van der Waals surface area contributed by atoms with Crippen molar-refractivity contribution in [3.05, 3.63) is 40.5 Å². The van der Waals surface area contributed by atoms with E-state index in [1.54, 1.807) is 6.92 Å². The Morgan fingerprint density at radius 2 is 2.25 bits per heavy atom. The summed E-state index contributed by atoms with van der Waals surface area (Å²) in [6.45, 7) is 1.79. The first kappa shape index (κ1) is 11.0. The quantitative estimate of drug-likeness (QED) is 0.828. The highest BCUT2D eigenvalue weighted by Gasteiger charge is 2.06. The lowest BCUT2D eigenvalue weighted by Gasteiger charge is -1.98. The molecule has 1 heterocycles. The minimum atomic E-state index is -0.927. The Hall–Kier alpha value is -1.55. The van der Waals surface area contributed by atoms with Gasteiger partial charge >= 0.3 is 5.97 Å². The van der Waals surface area contributed by atoms with Gasteiger partial charge in [0.1, 0.15) is 0 Å². The van der Waals surface area contributed by atoms with Crippen LogP contribution in [-0.2, 0) is 4.79 Å². The van der Waals surface area contributed by atoms with Crippen LogP contribution in [0.5, 0.6) is 0 Å². The standard InChI is InChI=1S/C12H10BrNO2/c1-7(4-12(15)16)10-6-14-11-5-8(13)2-3-9(10)11/h2-6,14H,1H3,(H,15,16)/b7-4+. The zero-order valence-corrected chi connectivity index (χ0v) is 10.2. The summed E-state index contributed by atoms with van der Waals surface area (Å²) in [5.74, 6) is -0.927. The number of H-pyrrole nitrogens is 1. The van der Waals surface area contributed by atoms with E-state index in [2.05, 4.69) is 20.9 Å². The Morgan fingerprint density at radius 3 is 2.94 bits per heavy atom. The van der Waals surface area contributed by atoms with Gasteiger partial charge in [0.15, 0.2) is 0 Å². The van der Waals surface area contributed by atoms with Gasteiger partial charge in [0.25, 0.3) is 0 Å². The van der Waals surface area contributed by atoms with Gasteiger partial charge in [-0.05, 0) is 24.6 Å². The van der Waals surface area contributed by atoms with Crippen LogP contribution in [0.3, 0.4) is 0 Å². The van der Waals surface area contributed by atoms with Crippen molar-refractivity contribution in [3.63, 3.8) is 0 Å². The van der Waals surface area contributed by atoms with Crippen molar-refractivity contribution in [1.82, 2.24) is 4.98 Å². The zero-order valence-electron chi connectivity index (χ0n) is 8.62. The molecule has 0 atom stereocenters. The van der Waals surface area contributed by atoms with Crippen LogP contribution in [0, 0.1) is 0 Å². The average molecular weight is 280 g/mol. The molecule has 0 saturated carbocycles. The lowest BCUT2D eigenvalue weighted by molar-refractivity contribution is -0.131. The van der Waals surface area contributed by atoms with Crippen LogP contribution in [0.4, 0.5) is 0 Å². The van der Waals surface area contributed by atoms with Crippen LogP contribution in [0.1, 0.15) is 12.5 Å². The monoisotopic (exact) mass is 279 g/mol. The number of carbonyl (C=O) groups is 1. The van der Waals surface area contributed by atoms with Crippen LogP contribution in [0.25, 0.3) is 16.5 Å². The number of carboxylic acids is 1. The number of fused-ring (bicyclic) bond motifs is 1. The molecule has 2 N–H and O–H groups in total. The Balaban J connectivity index is 2.58. The number of hydrogen-bond donors (Lipinski definition) is 2. The van der Waals surface area contributed by atoms with E-state index in [0.29, 0.717) is 0 Å². The number of benzene rings is 1. The van der Waals surface area contributed by atoms with Crippen molar-refractivity contribution >= 4 is 38.4 Å². The first-order chi connectivity index (χ1) is 7.58. The van der Waals surface area contributed by atoms with Gasteiger partial charge < -0.3 is 10.1 Å². The number of hydrogen-bond acceptors (Lipinski definition) is 1. The van der Waals surface area contributed by atoms with E-state index in [-0.39, 0.29) is 0 Å². The smallest absolute Gasteiger partial charge is 0.328 e. The van der Waals surface area contributed by atoms with Gasteiger partial charge in [-0.2, -0.15) is 0 Å². The lowest BCUT2D eigenvalue weighted by Crippen LogP contribution is -1.89. The predicted octanol–water partition coefficient (Wildman–Crippen LogP) is 3.42. The summed E-state index contributed by atoms with van der Waals surface area (Å²) < 4.78 is 0.994. The molecule has 1 aromatic heterocycles. The van der Waals surface area contributed by atoms with Gasteiger partial charge in [0, 0.05) is 33.2 Å². The maximum Gasteiger partial charge on any atom is 0.328 e. The molecule has 0 radical (unpaired) electrons. The molecular formula is C12H10BrNO2. The molecule has 3 nitrogen and oxygen atoms in total. The van der Waals surface area contributed by atoms with Crippen molar-refractivity contribution in [1.29, 1.82) is 0 Å². The second-order valence-corrected chi connectivity index (χ2v) is 4.47. The van der Waals surface area contributed by atoms with Gasteiger partial charge in [-0.25, -0.2) is 4.79 Å². The minimum Gasteiger partial charge on any atom is -0.478 e. The summed E-state index contributed by atoms with van der Waals surface area (Å²) >= 11 is 3.39. The van der Waals surface area contributed by atoms with E-state index in [0.717, 1.165) is 26.5 Å². The average Bonchev–Trinajstić information content (AvgIpc) is 2.59. The second kappa shape index (κ2) is 4.14. The summed E-state index contributed by atoms with van der Waals surface area (Å²) in [6.07, 6.45) is 3.04. The molecule has 0 unspecified atom stereocenters. The third-order valence-electron chi connectivity index (χ3n) is 2.41. The van der Waals surface area contributed by atoms with Crippen molar-refractivity contribution < 1.29 is 9.90 Å². The van der Waals surface area contributed by atoms with Crippen molar-refractivity contribution in [3.8, 4) is 0 Å². The number of nitrogens with one attached hydrogen (secondary N) is 1. The van der Waals surface area contributed by atoms with E-state index < -0.39 is 5.97 Å². The van der Waals surface area contributed by atoms with Gasteiger partial charge in [0.05, 0.1) is 0 Å². The van der Waals surface area contributed by atoms with Crippen LogP contribution in [-0.4, -0.2) is 16.1 Å². The van der Waals surface area contributed by atoms with Crippen molar-refractivity contribution in [2.45, 2.75) is 6.92 Å². The number of rotatable bonds is 2. The Morgan fingerprint density at radius 1 is 1.50 bits per heavy atom. The summed E-state index contributed by atoms with van der Waals surface area (Å²) in [6, 6.07) is 5.87. The molecule has 4 heteroatoms. The molecule has 0 amide bonds. The van der Waals surface area contributed by atoms with E-state index >= 15 is 0 Å². The maximum absolute atomic E-state index is 10.6. The molecule has 2 aromatic rings. The molecule has 0 bridgehead atoms. The number of halogens is 1. The fourth-order valence-corrected chi connectivity index (χ4v) is 2.05. The van der Waals surface area contributed by atoms with E-state index in [4.69, 9.17) is 5.11 Å². The third kappa shape index (κ3) is 2.02. The first-order valence-electron chi connectivity index (χ1n) is 4.76. The van der Waals surface area contributed by atoms with Gasteiger partial charge in [0.2, 0.25) is 0 Å². The normalized spacial score (nSPS) is 12.0. The molecule has 0 saturated heterocycles. The second-order valence-electron chi connectivity index (χ2n) is 3.56. The first-order valence-corrected chi connectivity index (χ1v) is 5.55. The molecule has 0 aliphatic rings. The third-order valence-corrected chi connectivity index (χ3v) is 2.90. The van der Waals surface area contributed by atoms with Crippen molar-refractivity contribution in [2.75, 3.05) is 0 Å². The number of carboxylic acid groups (broad SMARTS) is 1. The number of aromatic amines is 1.